The Balaban J connectivity index is 1.95. The lowest BCUT2D eigenvalue weighted by atomic mass is 9.86. The van der Waals surface area contributed by atoms with Crippen molar-refractivity contribution < 1.29 is 19.1 Å². The lowest BCUT2D eigenvalue weighted by Gasteiger charge is -2.33. The highest BCUT2D eigenvalue weighted by Crippen LogP contribution is 2.35. The smallest absolute Gasteiger partial charge is 0.348 e. The van der Waals surface area contributed by atoms with Gasteiger partial charge in [0.1, 0.15) is 0 Å². The molecule has 5 nitrogen and oxygen atoms in total. The number of ether oxygens (including phenoxy) is 2. The first-order valence-electron chi connectivity index (χ1n) is 9.34. The largest absolute Gasteiger partial charge is 0.450 e. The van der Waals surface area contributed by atoms with Crippen LogP contribution in [0.15, 0.2) is 60.7 Å². The van der Waals surface area contributed by atoms with Gasteiger partial charge in [0.25, 0.3) is 5.91 Å². The Hall–Kier alpha value is -2.66. The zero-order valence-corrected chi connectivity index (χ0v) is 15.7. The van der Waals surface area contributed by atoms with Crippen LogP contribution < -0.4 is 5.32 Å². The maximum absolute atomic E-state index is 13.3. The van der Waals surface area contributed by atoms with E-state index < -0.39 is 17.7 Å². The molecule has 5 heteroatoms. The molecule has 0 aliphatic heterocycles. The zero-order chi connectivity index (χ0) is 19.3. The van der Waals surface area contributed by atoms with E-state index in [1.807, 2.05) is 67.6 Å². The minimum atomic E-state index is -1.43. The highest BCUT2D eigenvalue weighted by Gasteiger charge is 2.46. The molecule has 142 valence electrons. The number of benzene rings is 2. The Labute approximate surface area is 159 Å². The van der Waals surface area contributed by atoms with Crippen molar-refractivity contribution in [2.24, 2.45) is 0 Å². The van der Waals surface area contributed by atoms with Gasteiger partial charge in [-0.05, 0) is 37.8 Å². The van der Waals surface area contributed by atoms with Crippen LogP contribution in [0.4, 0.5) is 0 Å². The standard InChI is InChI=1S/C22H25NO4/c1-3-26-22(17-10-6-4-7-11-17,18-12-8-5-9-13-18)21(25)27-16(2)20(24)23-19-14-15-19/h4-13,16,19H,3,14-15H2,1-2H3,(H,23,24)/t16-/m1/s1. The molecule has 0 heterocycles. The van der Waals surface area contributed by atoms with Gasteiger partial charge >= 0.3 is 5.97 Å². The fourth-order valence-corrected chi connectivity index (χ4v) is 3.03. The molecule has 0 aromatic heterocycles. The first kappa shape index (κ1) is 19.1. The predicted molar refractivity (Wildman–Crippen MR) is 102 cm³/mol. The molecule has 0 radical (unpaired) electrons. The third-order valence-electron chi connectivity index (χ3n) is 4.59. The Morgan fingerprint density at radius 1 is 1.04 bits per heavy atom. The van der Waals surface area contributed by atoms with Gasteiger partial charge in [-0.1, -0.05) is 60.7 Å². The van der Waals surface area contributed by atoms with E-state index in [0.717, 1.165) is 12.8 Å². The summed E-state index contributed by atoms with van der Waals surface area (Å²) in [4.78, 5) is 25.6. The van der Waals surface area contributed by atoms with Crippen LogP contribution in [-0.4, -0.2) is 30.6 Å². The fraction of sp³-hybridized carbons (Fsp3) is 0.364. The summed E-state index contributed by atoms with van der Waals surface area (Å²) in [5, 5.41) is 2.87. The lowest BCUT2D eigenvalue weighted by Crippen LogP contribution is -2.45. The van der Waals surface area contributed by atoms with Crippen LogP contribution >= 0.6 is 0 Å². The predicted octanol–water partition coefficient (Wildman–Crippen LogP) is 3.18. The van der Waals surface area contributed by atoms with Gasteiger partial charge in [0.15, 0.2) is 6.10 Å². The van der Waals surface area contributed by atoms with Gasteiger partial charge in [-0.2, -0.15) is 0 Å². The summed E-state index contributed by atoms with van der Waals surface area (Å²) in [7, 11) is 0. The fourth-order valence-electron chi connectivity index (χ4n) is 3.03. The highest BCUT2D eigenvalue weighted by molar-refractivity contribution is 5.89. The summed E-state index contributed by atoms with van der Waals surface area (Å²) < 4.78 is 11.6. The van der Waals surface area contributed by atoms with Crippen LogP contribution in [0.25, 0.3) is 0 Å². The third-order valence-corrected chi connectivity index (χ3v) is 4.59. The van der Waals surface area contributed by atoms with Gasteiger partial charge in [-0.25, -0.2) is 4.79 Å². The molecule has 0 bridgehead atoms. The average Bonchev–Trinajstić information content (AvgIpc) is 3.51. The highest BCUT2D eigenvalue weighted by atomic mass is 16.6. The Morgan fingerprint density at radius 3 is 2.00 bits per heavy atom. The number of carbonyl (C=O) groups is 2. The van der Waals surface area contributed by atoms with Crippen molar-refractivity contribution in [2.75, 3.05) is 6.61 Å². The van der Waals surface area contributed by atoms with Crippen LogP contribution in [0.2, 0.25) is 0 Å². The van der Waals surface area contributed by atoms with E-state index in [0.29, 0.717) is 17.7 Å². The molecule has 1 aliphatic rings. The molecule has 1 fully saturated rings. The number of esters is 1. The Bertz CT molecular complexity index is 732. The molecule has 1 N–H and O–H groups in total. The van der Waals surface area contributed by atoms with Crippen molar-refractivity contribution in [3.05, 3.63) is 71.8 Å². The molecular weight excluding hydrogens is 342 g/mol. The summed E-state index contributed by atoms with van der Waals surface area (Å²) in [6.45, 7) is 3.72. The second-order valence-electron chi connectivity index (χ2n) is 6.68. The van der Waals surface area contributed by atoms with Gasteiger partial charge in [-0.15, -0.1) is 0 Å². The van der Waals surface area contributed by atoms with Gasteiger partial charge < -0.3 is 14.8 Å². The van der Waals surface area contributed by atoms with E-state index in [2.05, 4.69) is 5.32 Å². The first-order chi connectivity index (χ1) is 13.1. The second kappa shape index (κ2) is 8.35. The molecule has 2 aromatic rings. The number of rotatable bonds is 8. The third kappa shape index (κ3) is 4.19. The SMILES string of the molecule is CCOC(C(=O)O[C@H](C)C(=O)NC1CC1)(c1ccccc1)c1ccccc1. The number of hydrogen-bond acceptors (Lipinski definition) is 4. The van der Waals surface area contributed by atoms with Crippen molar-refractivity contribution in [2.45, 2.75) is 44.4 Å². The van der Waals surface area contributed by atoms with Crippen LogP contribution in [0.1, 0.15) is 37.8 Å². The average molecular weight is 367 g/mol. The summed E-state index contributed by atoms with van der Waals surface area (Å²) >= 11 is 0. The van der Waals surface area contributed by atoms with Crippen molar-refractivity contribution in [1.29, 1.82) is 0 Å². The molecule has 1 saturated carbocycles. The maximum Gasteiger partial charge on any atom is 0.348 e. The molecule has 0 unspecified atom stereocenters. The zero-order valence-electron chi connectivity index (χ0n) is 15.7. The number of nitrogens with one attached hydrogen (secondary N) is 1. The van der Waals surface area contributed by atoms with Crippen LogP contribution in [0.5, 0.6) is 0 Å². The first-order valence-corrected chi connectivity index (χ1v) is 9.34. The summed E-state index contributed by atoms with van der Waals surface area (Å²) in [6.07, 6.45) is 1.05. The number of hydrogen-bond donors (Lipinski definition) is 1. The van der Waals surface area contributed by atoms with E-state index >= 15 is 0 Å². The Morgan fingerprint density at radius 2 is 1.56 bits per heavy atom. The van der Waals surface area contributed by atoms with Crippen molar-refractivity contribution in [3.63, 3.8) is 0 Å². The minimum Gasteiger partial charge on any atom is -0.450 e. The molecular formula is C22H25NO4. The Kier molecular flexibility index (Phi) is 5.91. The van der Waals surface area contributed by atoms with E-state index in [9.17, 15) is 9.59 Å². The minimum absolute atomic E-state index is 0.207. The molecule has 1 amide bonds. The van der Waals surface area contributed by atoms with Crippen LogP contribution in [-0.2, 0) is 24.7 Å². The topological polar surface area (TPSA) is 64.6 Å². The van der Waals surface area contributed by atoms with Gasteiger partial charge in [0.05, 0.1) is 0 Å². The van der Waals surface area contributed by atoms with E-state index in [1.54, 1.807) is 6.92 Å². The van der Waals surface area contributed by atoms with E-state index in [4.69, 9.17) is 9.47 Å². The second-order valence-corrected chi connectivity index (χ2v) is 6.68. The summed E-state index contributed by atoms with van der Waals surface area (Å²) in [5.41, 5.74) is -0.0959. The lowest BCUT2D eigenvalue weighted by molar-refractivity contribution is -0.175. The number of carbonyl (C=O) groups excluding carboxylic acids is 2. The molecule has 2 aromatic carbocycles. The van der Waals surface area contributed by atoms with E-state index in [-0.39, 0.29) is 11.9 Å². The quantitative estimate of drug-likeness (QED) is 0.728. The monoisotopic (exact) mass is 367 g/mol. The molecule has 3 rings (SSSR count). The van der Waals surface area contributed by atoms with Crippen molar-refractivity contribution in [3.8, 4) is 0 Å². The molecule has 0 saturated heterocycles. The van der Waals surface area contributed by atoms with Crippen molar-refractivity contribution in [1.82, 2.24) is 5.32 Å². The van der Waals surface area contributed by atoms with Gasteiger partial charge in [0.2, 0.25) is 5.60 Å². The number of amides is 1. The molecule has 1 aliphatic carbocycles. The van der Waals surface area contributed by atoms with Crippen LogP contribution in [0.3, 0.4) is 0 Å². The van der Waals surface area contributed by atoms with Crippen molar-refractivity contribution >= 4 is 11.9 Å². The normalized spacial score (nSPS) is 15.0. The molecule has 1 atom stereocenters. The van der Waals surface area contributed by atoms with Gasteiger partial charge in [0, 0.05) is 12.6 Å². The maximum atomic E-state index is 13.3. The molecule has 0 spiro atoms. The summed E-state index contributed by atoms with van der Waals surface area (Å²) in [6, 6.07) is 18.7. The summed E-state index contributed by atoms with van der Waals surface area (Å²) in [5.74, 6) is -0.877. The van der Waals surface area contributed by atoms with Crippen LogP contribution in [0, 0.1) is 0 Å². The van der Waals surface area contributed by atoms with E-state index in [1.165, 1.54) is 0 Å². The van der Waals surface area contributed by atoms with Gasteiger partial charge in [-0.3, -0.25) is 4.79 Å². The molecule has 27 heavy (non-hydrogen) atoms.